The second-order valence-corrected chi connectivity index (χ2v) is 10.7. The van der Waals surface area contributed by atoms with E-state index in [1.807, 2.05) is 6.08 Å². The molecule has 0 aromatic carbocycles. The summed E-state index contributed by atoms with van der Waals surface area (Å²) in [5.41, 5.74) is -1.06. The molecule has 6 heteroatoms. The normalized spacial score (nSPS) is 50.4. The molecule has 1 saturated heterocycles. The zero-order valence-corrected chi connectivity index (χ0v) is 18.7. The van der Waals surface area contributed by atoms with Gasteiger partial charge < -0.3 is 19.7 Å². The first-order valence-corrected chi connectivity index (χ1v) is 11.8. The monoisotopic (exact) mass is 430 g/mol. The van der Waals surface area contributed by atoms with Crippen LogP contribution >= 0.6 is 0 Å². The average Bonchev–Trinajstić information content (AvgIpc) is 3.20. The number of aliphatic hydroxyl groups excluding tert-OH is 2. The third-order valence-corrected chi connectivity index (χ3v) is 9.33. The zero-order valence-electron chi connectivity index (χ0n) is 18.7. The van der Waals surface area contributed by atoms with E-state index < -0.39 is 36.1 Å². The van der Waals surface area contributed by atoms with Gasteiger partial charge in [-0.15, -0.1) is 0 Å². The molecule has 5 aliphatic rings. The highest BCUT2D eigenvalue weighted by atomic mass is 16.7. The molecule has 0 bridgehead atoms. The summed E-state index contributed by atoms with van der Waals surface area (Å²) < 4.78 is 12.7. The maximum atomic E-state index is 13.2. The zero-order chi connectivity index (χ0) is 22.2. The molecule has 0 aromatic heterocycles. The Kier molecular flexibility index (Phi) is 4.91. The molecule has 9 atom stereocenters. The lowest BCUT2D eigenvalue weighted by atomic mass is 9.47. The van der Waals surface area contributed by atoms with Crippen LogP contribution in [0.1, 0.15) is 59.3 Å². The van der Waals surface area contributed by atoms with Crippen LogP contribution in [0.3, 0.4) is 0 Å². The van der Waals surface area contributed by atoms with Gasteiger partial charge in [-0.1, -0.05) is 44.9 Å². The van der Waals surface area contributed by atoms with E-state index >= 15 is 0 Å². The third-order valence-electron chi connectivity index (χ3n) is 9.33. The van der Waals surface area contributed by atoms with Gasteiger partial charge in [0, 0.05) is 23.2 Å². The number of fused-ring (bicyclic) bond motifs is 7. The first kappa shape index (κ1) is 21.5. The molecule has 0 aromatic rings. The number of Topliss-reactive ketones (excluding diaryl/α,β-unsaturated/α-hetero) is 1. The van der Waals surface area contributed by atoms with Crippen molar-refractivity contribution in [2.45, 2.75) is 83.4 Å². The molecule has 3 unspecified atom stereocenters. The van der Waals surface area contributed by atoms with Gasteiger partial charge in [-0.25, -0.2) is 0 Å². The quantitative estimate of drug-likeness (QED) is 0.666. The molecule has 1 heterocycles. The van der Waals surface area contributed by atoms with Crippen LogP contribution in [0.4, 0.5) is 0 Å². The molecular formula is C25H34O6. The number of allylic oxidation sites excluding steroid dienone is 4. The number of ketones is 2. The number of aliphatic hydroxyl groups is 2. The smallest absolute Gasteiger partial charge is 0.193 e. The van der Waals surface area contributed by atoms with E-state index in [0.717, 1.165) is 18.4 Å². The van der Waals surface area contributed by atoms with Crippen LogP contribution in [0.5, 0.6) is 0 Å². The fourth-order valence-electron chi connectivity index (χ4n) is 8.03. The van der Waals surface area contributed by atoms with E-state index in [1.54, 1.807) is 6.08 Å². The minimum absolute atomic E-state index is 0.0125. The molecular weight excluding hydrogens is 396 g/mol. The number of hydrogen-bond donors (Lipinski definition) is 2. The molecule has 0 radical (unpaired) electrons. The van der Waals surface area contributed by atoms with Gasteiger partial charge in [-0.3, -0.25) is 9.59 Å². The van der Waals surface area contributed by atoms with Crippen LogP contribution in [0.15, 0.2) is 23.8 Å². The van der Waals surface area contributed by atoms with Crippen LogP contribution in [-0.4, -0.2) is 52.5 Å². The third kappa shape index (κ3) is 2.65. The van der Waals surface area contributed by atoms with Gasteiger partial charge >= 0.3 is 0 Å². The Labute approximate surface area is 183 Å². The van der Waals surface area contributed by atoms with Gasteiger partial charge in [0.15, 0.2) is 23.5 Å². The minimum atomic E-state index is -1.21. The van der Waals surface area contributed by atoms with Crippen LogP contribution in [0.25, 0.3) is 0 Å². The van der Waals surface area contributed by atoms with Crippen LogP contribution in [0.2, 0.25) is 0 Å². The average molecular weight is 431 g/mol. The van der Waals surface area contributed by atoms with E-state index in [1.165, 1.54) is 0 Å². The predicted octanol–water partition coefficient (Wildman–Crippen LogP) is 2.72. The summed E-state index contributed by atoms with van der Waals surface area (Å²) in [6.45, 7) is 5.66. The van der Waals surface area contributed by atoms with Crippen molar-refractivity contribution < 1.29 is 29.3 Å². The van der Waals surface area contributed by atoms with E-state index in [4.69, 9.17) is 9.47 Å². The molecule has 0 spiro atoms. The Balaban J connectivity index is 1.56. The summed E-state index contributed by atoms with van der Waals surface area (Å²) in [7, 11) is 0. The summed E-state index contributed by atoms with van der Waals surface area (Å²) >= 11 is 0. The second kappa shape index (κ2) is 7.08. The Hall–Kier alpha value is -1.34. The van der Waals surface area contributed by atoms with E-state index in [9.17, 15) is 19.8 Å². The van der Waals surface area contributed by atoms with Crippen molar-refractivity contribution >= 4 is 11.6 Å². The lowest BCUT2D eigenvalue weighted by molar-refractivity contribution is -0.198. The molecule has 31 heavy (non-hydrogen) atoms. The summed E-state index contributed by atoms with van der Waals surface area (Å²) in [5, 5.41) is 21.4. The van der Waals surface area contributed by atoms with Crippen molar-refractivity contribution in [3.63, 3.8) is 0 Å². The maximum absolute atomic E-state index is 13.2. The van der Waals surface area contributed by atoms with Crippen LogP contribution < -0.4 is 0 Å². The molecule has 3 fully saturated rings. The number of rotatable bonds is 4. The fraction of sp³-hybridized carbons (Fsp3) is 0.760. The molecule has 2 saturated carbocycles. The molecule has 0 amide bonds. The largest absolute Gasteiger partial charge is 0.393 e. The molecule has 170 valence electrons. The van der Waals surface area contributed by atoms with E-state index in [0.29, 0.717) is 25.7 Å². The Bertz CT molecular complexity index is 862. The first-order chi connectivity index (χ1) is 14.7. The summed E-state index contributed by atoms with van der Waals surface area (Å²) in [6.07, 6.45) is 8.28. The Morgan fingerprint density at radius 3 is 2.81 bits per heavy atom. The summed E-state index contributed by atoms with van der Waals surface area (Å²) in [6, 6.07) is 0. The number of carbonyl (C=O) groups excluding carboxylic acids is 2. The number of ether oxygens (including phenoxy) is 2. The molecule has 2 N–H and O–H groups in total. The van der Waals surface area contributed by atoms with Crippen molar-refractivity contribution in [3.05, 3.63) is 23.8 Å². The number of carbonyl (C=O) groups is 2. The van der Waals surface area contributed by atoms with Gasteiger partial charge in [0.25, 0.3) is 0 Å². The standard InChI is InChI=1S/C25H34O6/c1-4-5-21-30-20-11-17-16-7-6-14-10-15(27)8-9-23(14,2)22(16)18(28)12-24(17,3)25(20,31-21)19(29)13-26/h6,8-9,16-18,20-22,26,28H,4-5,7,10-13H2,1-3H3/t16?,17?,18-,20+,21+,22?,23-,24-,25+/m0/s1. The lowest BCUT2D eigenvalue weighted by Gasteiger charge is -2.59. The SMILES string of the molecule is CCC[C@@H]1O[C@@H]2CC3C4CC=C5CC(=O)C=C[C@]5(C)C4[C@@H](O)C[C@]3(C)[C@]2(C(=O)CO)O1. The van der Waals surface area contributed by atoms with Crippen LogP contribution in [0, 0.1) is 28.6 Å². The first-order valence-electron chi connectivity index (χ1n) is 11.8. The van der Waals surface area contributed by atoms with Gasteiger partial charge in [0.1, 0.15) is 6.61 Å². The van der Waals surface area contributed by atoms with Gasteiger partial charge in [0.05, 0.1) is 12.2 Å². The Morgan fingerprint density at radius 2 is 2.10 bits per heavy atom. The van der Waals surface area contributed by atoms with Gasteiger partial charge in [0.2, 0.25) is 0 Å². The number of hydrogen-bond acceptors (Lipinski definition) is 6. The van der Waals surface area contributed by atoms with Crippen molar-refractivity contribution in [1.29, 1.82) is 0 Å². The second-order valence-electron chi connectivity index (χ2n) is 10.7. The summed E-state index contributed by atoms with van der Waals surface area (Å²) in [5.74, 6) is 0.0642. The highest BCUT2D eigenvalue weighted by molar-refractivity contribution is 5.93. The molecule has 1 aliphatic heterocycles. The Morgan fingerprint density at radius 1 is 1.32 bits per heavy atom. The highest BCUT2D eigenvalue weighted by Crippen LogP contribution is 2.69. The summed E-state index contributed by atoms with van der Waals surface area (Å²) in [4.78, 5) is 25.2. The van der Waals surface area contributed by atoms with E-state index in [2.05, 4.69) is 26.8 Å². The van der Waals surface area contributed by atoms with Crippen molar-refractivity contribution in [2.24, 2.45) is 28.6 Å². The maximum Gasteiger partial charge on any atom is 0.193 e. The topological polar surface area (TPSA) is 93.1 Å². The molecule has 4 aliphatic carbocycles. The van der Waals surface area contributed by atoms with Crippen molar-refractivity contribution in [3.8, 4) is 0 Å². The minimum Gasteiger partial charge on any atom is -0.393 e. The van der Waals surface area contributed by atoms with Gasteiger partial charge in [-0.2, -0.15) is 0 Å². The molecule has 6 nitrogen and oxygen atoms in total. The van der Waals surface area contributed by atoms with Crippen molar-refractivity contribution in [2.75, 3.05) is 6.61 Å². The van der Waals surface area contributed by atoms with Crippen molar-refractivity contribution in [1.82, 2.24) is 0 Å². The molecule has 5 rings (SSSR count). The van der Waals surface area contributed by atoms with Gasteiger partial charge in [-0.05, 0) is 43.6 Å². The predicted molar refractivity (Wildman–Crippen MR) is 113 cm³/mol. The lowest BCUT2D eigenvalue weighted by Crippen LogP contribution is -2.63. The van der Waals surface area contributed by atoms with Crippen LogP contribution in [-0.2, 0) is 19.1 Å². The fourth-order valence-corrected chi connectivity index (χ4v) is 8.03. The van der Waals surface area contributed by atoms with E-state index in [-0.39, 0.29) is 34.7 Å². The highest BCUT2D eigenvalue weighted by Gasteiger charge is 2.75.